The van der Waals surface area contributed by atoms with Gasteiger partial charge in [0.1, 0.15) is 12.9 Å². The molecule has 1 heterocycles. The Hall–Kier alpha value is -0.730. The minimum atomic E-state index is 0.635. The second-order valence-electron chi connectivity index (χ2n) is 0.960. The van der Waals surface area contributed by atoms with E-state index in [4.69, 9.17) is 0 Å². The maximum Gasteiger partial charge on any atom is 0.149 e. The van der Waals surface area contributed by atoms with Gasteiger partial charge in [0.15, 0.2) is 0 Å². The molecule has 0 bridgehead atoms. The Kier molecular flexibility index (Phi) is 0.948. The fourth-order valence-electron chi connectivity index (χ4n) is 0.271. The van der Waals surface area contributed by atoms with Crippen LogP contribution in [0.25, 0.3) is 0 Å². The summed E-state index contributed by atoms with van der Waals surface area (Å²) in [5.41, 5.74) is 0. The van der Waals surface area contributed by atoms with Gasteiger partial charge in [-0.2, -0.15) is 0 Å². The second-order valence-corrected chi connectivity index (χ2v) is 0.960. The first-order valence-corrected chi connectivity index (χ1v) is 1.80. The van der Waals surface area contributed by atoms with Crippen molar-refractivity contribution < 1.29 is 4.84 Å². The molecule has 0 saturated carbocycles. The van der Waals surface area contributed by atoms with Crippen LogP contribution in [0.3, 0.4) is 0 Å². The van der Waals surface area contributed by atoms with Gasteiger partial charge in [-0.3, -0.25) is 5.32 Å². The molecule has 0 spiro atoms. The summed E-state index contributed by atoms with van der Waals surface area (Å²) in [5.74, 6) is 0. The highest BCUT2D eigenvalue weighted by atomic mass is 16.6. The molecule has 1 rings (SSSR count). The van der Waals surface area contributed by atoms with Crippen molar-refractivity contribution in [2.45, 2.75) is 0 Å². The molecule has 0 unspecified atom stereocenters. The third-order valence-corrected chi connectivity index (χ3v) is 0.515. The van der Waals surface area contributed by atoms with E-state index in [1.54, 1.807) is 0 Å². The summed E-state index contributed by atoms with van der Waals surface area (Å²) in [4.78, 5) is 4.55. The minimum absolute atomic E-state index is 0.635. The molecule has 0 aromatic rings. The van der Waals surface area contributed by atoms with Crippen molar-refractivity contribution in [3.05, 3.63) is 0 Å². The molecule has 0 aliphatic carbocycles. The average Bonchev–Trinajstić information content (AvgIpc) is 1.72. The van der Waals surface area contributed by atoms with Gasteiger partial charge in [0, 0.05) is 0 Å². The molecule has 0 fully saturated rings. The van der Waals surface area contributed by atoms with Gasteiger partial charge < -0.3 is 4.84 Å². The summed E-state index contributed by atoms with van der Waals surface area (Å²) >= 11 is 0. The summed E-state index contributed by atoms with van der Waals surface area (Å²) < 4.78 is 0. The lowest BCUT2D eigenvalue weighted by Gasteiger charge is -2.00. The molecular weight excluding hydrogens is 80.0 g/mol. The van der Waals surface area contributed by atoms with Gasteiger partial charge in [0.2, 0.25) is 0 Å². The highest BCUT2D eigenvalue weighted by Crippen LogP contribution is 1.76. The zero-order valence-electron chi connectivity index (χ0n) is 3.29. The summed E-state index contributed by atoms with van der Waals surface area (Å²) in [6, 6.07) is 0. The molecule has 0 saturated heterocycles. The number of hydrogen-bond donors (Lipinski definition) is 0. The number of rotatable bonds is 0. The molecule has 0 aromatic heterocycles. The van der Waals surface area contributed by atoms with Crippen LogP contribution < -0.4 is 5.32 Å². The molecule has 0 aromatic carbocycles. The van der Waals surface area contributed by atoms with Crippen LogP contribution in [0.4, 0.5) is 0 Å². The Labute approximate surface area is 36.0 Å². The summed E-state index contributed by atoms with van der Waals surface area (Å²) in [6.07, 6.45) is 1.42. The molecule has 0 N–H and O–H groups in total. The van der Waals surface area contributed by atoms with Crippen molar-refractivity contribution in [1.29, 1.82) is 0 Å². The first kappa shape index (κ1) is 3.46. The van der Waals surface area contributed by atoms with Crippen molar-refractivity contribution >= 4 is 6.34 Å². The van der Waals surface area contributed by atoms with Crippen molar-refractivity contribution in [3.63, 3.8) is 0 Å². The minimum Gasteiger partial charge on any atom is -0.393 e. The van der Waals surface area contributed by atoms with Crippen LogP contribution in [-0.2, 0) is 4.84 Å². The van der Waals surface area contributed by atoms with Gasteiger partial charge in [-0.25, -0.2) is 0 Å². The van der Waals surface area contributed by atoms with Gasteiger partial charge in [-0.15, -0.1) is 0 Å². The largest absolute Gasteiger partial charge is 0.393 e. The Bertz CT molecular complexity index is 53.8. The molecule has 3 nitrogen and oxygen atoms in total. The predicted octanol–water partition coefficient (Wildman–Crippen LogP) is -0.436. The molecule has 1 aliphatic rings. The van der Waals surface area contributed by atoms with Gasteiger partial charge in [-0.1, -0.05) is 5.16 Å². The predicted molar refractivity (Wildman–Crippen MR) is 21.4 cm³/mol. The van der Waals surface area contributed by atoms with Gasteiger partial charge >= 0.3 is 0 Å². The van der Waals surface area contributed by atoms with Gasteiger partial charge in [-0.05, 0) is 0 Å². The van der Waals surface area contributed by atoms with E-state index < -0.39 is 0 Å². The molecule has 1 radical (unpaired) electrons. The van der Waals surface area contributed by atoms with Crippen molar-refractivity contribution in [3.8, 4) is 0 Å². The van der Waals surface area contributed by atoms with Gasteiger partial charge in [0.25, 0.3) is 0 Å². The van der Waals surface area contributed by atoms with Crippen LogP contribution in [0.1, 0.15) is 0 Å². The molecular formula is C3H5N2O. The van der Waals surface area contributed by atoms with E-state index in [9.17, 15) is 0 Å². The summed E-state index contributed by atoms with van der Waals surface area (Å²) in [6.45, 7) is 1.39. The lowest BCUT2D eigenvalue weighted by Crippen LogP contribution is -2.14. The van der Waals surface area contributed by atoms with Crippen LogP contribution >= 0.6 is 0 Å². The van der Waals surface area contributed by atoms with Crippen molar-refractivity contribution in [2.24, 2.45) is 5.16 Å². The quantitative estimate of drug-likeness (QED) is 0.393. The van der Waals surface area contributed by atoms with E-state index >= 15 is 0 Å². The van der Waals surface area contributed by atoms with Crippen LogP contribution in [-0.4, -0.2) is 19.5 Å². The molecule has 3 heteroatoms. The Morgan fingerprint density at radius 1 is 1.67 bits per heavy atom. The van der Waals surface area contributed by atoms with E-state index in [-0.39, 0.29) is 0 Å². The number of hydrogen-bond acceptors (Lipinski definition) is 2. The lowest BCUT2D eigenvalue weighted by atomic mass is 10.7. The topological polar surface area (TPSA) is 35.7 Å². The smallest absolute Gasteiger partial charge is 0.149 e. The van der Waals surface area contributed by atoms with Crippen molar-refractivity contribution in [2.75, 3.05) is 13.2 Å². The fourth-order valence-corrected chi connectivity index (χ4v) is 0.271. The zero-order valence-corrected chi connectivity index (χ0v) is 3.29. The normalized spacial score (nSPS) is 18.7. The SMILES string of the molecule is C1=NOCC[N]1. The van der Waals surface area contributed by atoms with E-state index in [0.29, 0.717) is 6.61 Å². The Morgan fingerprint density at radius 2 is 2.67 bits per heavy atom. The standard InChI is InChI=1S/C3H5N2O/c1-2-6-5-3-4-1/h3H,1-2H2. The third kappa shape index (κ3) is 0.607. The van der Waals surface area contributed by atoms with E-state index in [1.165, 1.54) is 6.34 Å². The maximum atomic E-state index is 4.55. The zero-order chi connectivity index (χ0) is 4.24. The Morgan fingerprint density at radius 3 is 2.83 bits per heavy atom. The van der Waals surface area contributed by atoms with Crippen molar-refractivity contribution in [1.82, 2.24) is 5.32 Å². The van der Waals surface area contributed by atoms with E-state index in [0.717, 1.165) is 6.54 Å². The van der Waals surface area contributed by atoms with E-state index in [1.807, 2.05) is 0 Å². The molecule has 6 heavy (non-hydrogen) atoms. The first-order valence-electron chi connectivity index (χ1n) is 1.80. The number of nitrogens with zero attached hydrogens (tertiary/aromatic N) is 2. The maximum absolute atomic E-state index is 4.55. The molecule has 0 amide bonds. The molecule has 0 atom stereocenters. The second kappa shape index (κ2) is 1.64. The van der Waals surface area contributed by atoms with Crippen LogP contribution in [0, 0.1) is 0 Å². The summed E-state index contributed by atoms with van der Waals surface area (Å²) in [5, 5.41) is 7.15. The molecule has 33 valence electrons. The first-order chi connectivity index (χ1) is 3.00. The fraction of sp³-hybridized carbons (Fsp3) is 0.667. The molecule has 1 aliphatic heterocycles. The van der Waals surface area contributed by atoms with Gasteiger partial charge in [0.05, 0.1) is 6.54 Å². The third-order valence-electron chi connectivity index (χ3n) is 0.515. The van der Waals surface area contributed by atoms with Crippen LogP contribution in [0.2, 0.25) is 0 Å². The van der Waals surface area contributed by atoms with E-state index in [2.05, 4.69) is 15.3 Å². The lowest BCUT2D eigenvalue weighted by molar-refractivity contribution is 0.138. The Balaban J connectivity index is 2.26. The highest BCUT2D eigenvalue weighted by Gasteiger charge is 1.88. The summed E-state index contributed by atoms with van der Waals surface area (Å²) in [7, 11) is 0. The monoisotopic (exact) mass is 85.0 g/mol. The highest BCUT2D eigenvalue weighted by molar-refractivity contribution is 5.53. The average molecular weight is 85.1 g/mol. The number of oxime groups is 1. The van der Waals surface area contributed by atoms with Crippen LogP contribution in [0.5, 0.6) is 0 Å². The van der Waals surface area contributed by atoms with Crippen LogP contribution in [0.15, 0.2) is 5.16 Å².